The second-order valence-corrected chi connectivity index (χ2v) is 6.14. The Hall–Kier alpha value is -2.74. The number of carbonyl (C=O) groups is 1. The molecule has 1 aromatic heterocycles. The number of aliphatic hydroxyl groups excluding tert-OH is 1. The Kier molecular flexibility index (Phi) is 5.32. The zero-order valence-corrected chi connectivity index (χ0v) is 15.1. The molecular weight excluding hydrogens is 338 g/mol. The van der Waals surface area contributed by atoms with Crippen LogP contribution in [0.15, 0.2) is 30.6 Å². The van der Waals surface area contributed by atoms with Crippen LogP contribution in [0.2, 0.25) is 0 Å². The summed E-state index contributed by atoms with van der Waals surface area (Å²) in [4.78, 5) is 18.2. The first-order chi connectivity index (χ1) is 12.5. The maximum Gasteiger partial charge on any atom is 0.289 e. The molecule has 2 heterocycles. The molecule has 2 aromatic rings. The van der Waals surface area contributed by atoms with Crippen molar-refractivity contribution in [3.8, 4) is 17.2 Å². The van der Waals surface area contributed by atoms with Crippen molar-refractivity contribution in [3.05, 3.63) is 36.4 Å². The van der Waals surface area contributed by atoms with Crippen molar-refractivity contribution in [2.24, 2.45) is 7.05 Å². The van der Waals surface area contributed by atoms with Gasteiger partial charge in [-0.15, -0.1) is 0 Å². The van der Waals surface area contributed by atoms with E-state index >= 15 is 0 Å². The van der Waals surface area contributed by atoms with Crippen molar-refractivity contribution in [2.45, 2.75) is 18.6 Å². The summed E-state index contributed by atoms with van der Waals surface area (Å²) in [6, 6.07) is 5.23. The Morgan fingerprint density at radius 1 is 1.27 bits per heavy atom. The van der Waals surface area contributed by atoms with Gasteiger partial charge in [-0.25, -0.2) is 4.98 Å². The minimum absolute atomic E-state index is 0.193. The van der Waals surface area contributed by atoms with Crippen molar-refractivity contribution in [2.75, 3.05) is 27.3 Å². The minimum Gasteiger partial charge on any atom is -0.493 e. The highest BCUT2D eigenvalue weighted by molar-refractivity contribution is 5.90. The normalized spacial score (nSPS) is 19.9. The standard InChI is InChI=1S/C18H23N3O5/c1-20-9-7-19-17(20)18(23)21-8-6-14(13(22)11-21)26-12-4-5-15(24-2)16(10-12)25-3/h4-5,7,9-10,13-14,22H,6,8,11H2,1-3H3/t13-,14-/m1/s1. The lowest BCUT2D eigenvalue weighted by Gasteiger charge is -2.35. The number of aryl methyl sites for hydroxylation is 1. The van der Waals surface area contributed by atoms with Crippen LogP contribution in [0, 0.1) is 0 Å². The molecule has 0 bridgehead atoms. The number of β-amino-alcohol motifs (C(OH)–C–C–N with tert-alkyl or cyclic N) is 1. The molecule has 0 unspecified atom stereocenters. The monoisotopic (exact) mass is 361 g/mol. The molecule has 140 valence electrons. The fourth-order valence-corrected chi connectivity index (χ4v) is 3.01. The predicted molar refractivity (Wildman–Crippen MR) is 93.7 cm³/mol. The molecular formula is C18H23N3O5. The van der Waals surface area contributed by atoms with Crippen LogP contribution in [0.4, 0.5) is 0 Å². The maximum absolute atomic E-state index is 12.5. The maximum atomic E-state index is 12.5. The highest BCUT2D eigenvalue weighted by Gasteiger charge is 2.33. The Morgan fingerprint density at radius 3 is 2.65 bits per heavy atom. The first-order valence-electron chi connectivity index (χ1n) is 8.36. The van der Waals surface area contributed by atoms with Crippen LogP contribution in [0.5, 0.6) is 17.2 Å². The van der Waals surface area contributed by atoms with E-state index in [-0.39, 0.29) is 12.5 Å². The molecule has 2 atom stereocenters. The lowest BCUT2D eigenvalue weighted by molar-refractivity contribution is -0.0203. The van der Waals surface area contributed by atoms with Gasteiger partial charge in [0.05, 0.1) is 20.8 Å². The number of likely N-dealkylation sites (tertiary alicyclic amines) is 1. The molecule has 1 saturated heterocycles. The van der Waals surface area contributed by atoms with Gasteiger partial charge in [-0.05, 0) is 12.1 Å². The van der Waals surface area contributed by atoms with Gasteiger partial charge in [0.1, 0.15) is 18.0 Å². The summed E-state index contributed by atoms with van der Waals surface area (Å²) in [6.07, 6.45) is 2.62. The van der Waals surface area contributed by atoms with Crippen molar-refractivity contribution >= 4 is 5.91 Å². The van der Waals surface area contributed by atoms with E-state index in [2.05, 4.69) is 4.98 Å². The first-order valence-corrected chi connectivity index (χ1v) is 8.36. The number of amides is 1. The Bertz CT molecular complexity index is 776. The SMILES string of the molecule is COc1ccc(O[C@@H]2CCN(C(=O)c3nccn3C)C[C@H]2O)cc1OC. The molecule has 0 spiro atoms. The average molecular weight is 361 g/mol. The molecule has 1 aliphatic rings. The number of piperidine rings is 1. The Balaban J connectivity index is 1.64. The summed E-state index contributed by atoms with van der Waals surface area (Å²) in [7, 11) is 4.89. The van der Waals surface area contributed by atoms with Crippen LogP contribution in [0.1, 0.15) is 17.0 Å². The zero-order chi connectivity index (χ0) is 18.7. The molecule has 0 saturated carbocycles. The van der Waals surface area contributed by atoms with Crippen molar-refractivity contribution in [1.82, 2.24) is 14.5 Å². The number of aromatic nitrogens is 2. The summed E-state index contributed by atoms with van der Waals surface area (Å²) >= 11 is 0. The number of rotatable bonds is 5. The molecule has 1 fully saturated rings. The highest BCUT2D eigenvalue weighted by atomic mass is 16.5. The quantitative estimate of drug-likeness (QED) is 0.858. The molecule has 0 aliphatic carbocycles. The first kappa shape index (κ1) is 18.1. The third-order valence-electron chi connectivity index (χ3n) is 4.46. The molecule has 1 aliphatic heterocycles. The van der Waals surface area contributed by atoms with E-state index in [1.165, 1.54) is 0 Å². The molecule has 8 nitrogen and oxygen atoms in total. The van der Waals surface area contributed by atoms with Crippen LogP contribution in [0.25, 0.3) is 0 Å². The number of imidazole rings is 1. The fourth-order valence-electron chi connectivity index (χ4n) is 3.01. The largest absolute Gasteiger partial charge is 0.493 e. The van der Waals surface area contributed by atoms with Crippen molar-refractivity contribution in [3.63, 3.8) is 0 Å². The minimum atomic E-state index is -0.791. The second kappa shape index (κ2) is 7.65. The third-order valence-corrected chi connectivity index (χ3v) is 4.46. The van der Waals surface area contributed by atoms with E-state index in [1.54, 1.807) is 61.3 Å². The molecule has 1 aromatic carbocycles. The van der Waals surface area contributed by atoms with Crippen molar-refractivity contribution < 1.29 is 24.1 Å². The highest BCUT2D eigenvalue weighted by Crippen LogP contribution is 2.32. The van der Waals surface area contributed by atoms with Crippen LogP contribution in [-0.2, 0) is 7.05 Å². The predicted octanol–water partition coefficient (Wildman–Crippen LogP) is 1.09. The summed E-state index contributed by atoms with van der Waals surface area (Å²) in [6.45, 7) is 0.685. The zero-order valence-electron chi connectivity index (χ0n) is 15.1. The van der Waals surface area contributed by atoms with E-state index in [0.717, 1.165) is 0 Å². The van der Waals surface area contributed by atoms with E-state index in [4.69, 9.17) is 14.2 Å². The van der Waals surface area contributed by atoms with E-state index in [9.17, 15) is 9.90 Å². The number of aliphatic hydroxyl groups is 1. The molecule has 3 rings (SSSR count). The van der Waals surface area contributed by atoms with Gasteiger partial charge < -0.3 is 28.8 Å². The van der Waals surface area contributed by atoms with Gasteiger partial charge in [-0.3, -0.25) is 4.79 Å². The topological polar surface area (TPSA) is 86.1 Å². The molecule has 8 heteroatoms. The van der Waals surface area contributed by atoms with Gasteiger partial charge in [-0.1, -0.05) is 0 Å². The fraction of sp³-hybridized carbons (Fsp3) is 0.444. The van der Waals surface area contributed by atoms with Crippen molar-refractivity contribution in [1.29, 1.82) is 0 Å². The molecule has 1 amide bonds. The second-order valence-electron chi connectivity index (χ2n) is 6.14. The van der Waals surface area contributed by atoms with Crippen LogP contribution in [-0.4, -0.2) is 65.0 Å². The number of benzene rings is 1. The van der Waals surface area contributed by atoms with Gasteiger partial charge in [0.2, 0.25) is 0 Å². The average Bonchev–Trinajstić information content (AvgIpc) is 3.08. The number of ether oxygens (including phenoxy) is 3. The Morgan fingerprint density at radius 2 is 2.04 bits per heavy atom. The van der Waals surface area contributed by atoms with E-state index in [0.29, 0.717) is 36.0 Å². The number of nitrogens with zero attached hydrogens (tertiary/aromatic N) is 3. The van der Waals surface area contributed by atoms with Gasteiger partial charge in [-0.2, -0.15) is 0 Å². The smallest absolute Gasteiger partial charge is 0.289 e. The third kappa shape index (κ3) is 3.60. The van der Waals surface area contributed by atoms with Crippen LogP contribution < -0.4 is 14.2 Å². The lowest BCUT2D eigenvalue weighted by atomic mass is 10.0. The van der Waals surface area contributed by atoms with Gasteiger partial charge in [0.15, 0.2) is 17.3 Å². The summed E-state index contributed by atoms with van der Waals surface area (Å²) in [5, 5.41) is 10.4. The molecule has 0 radical (unpaired) electrons. The summed E-state index contributed by atoms with van der Waals surface area (Å²) in [5.41, 5.74) is 0. The van der Waals surface area contributed by atoms with Crippen LogP contribution in [0.3, 0.4) is 0 Å². The van der Waals surface area contributed by atoms with Gasteiger partial charge >= 0.3 is 0 Å². The Labute approximate surface area is 151 Å². The van der Waals surface area contributed by atoms with Crippen LogP contribution >= 0.6 is 0 Å². The van der Waals surface area contributed by atoms with E-state index < -0.39 is 12.2 Å². The number of methoxy groups -OCH3 is 2. The summed E-state index contributed by atoms with van der Waals surface area (Å²) < 4.78 is 18.0. The molecule has 1 N–H and O–H groups in total. The lowest BCUT2D eigenvalue weighted by Crippen LogP contribution is -2.51. The summed E-state index contributed by atoms with van der Waals surface area (Å²) in [5.74, 6) is 1.91. The van der Waals surface area contributed by atoms with Gasteiger partial charge in [0.25, 0.3) is 5.91 Å². The number of hydrogen-bond acceptors (Lipinski definition) is 6. The molecule has 26 heavy (non-hydrogen) atoms. The van der Waals surface area contributed by atoms with Gasteiger partial charge in [0, 0.05) is 38.5 Å². The number of hydrogen-bond donors (Lipinski definition) is 1. The van der Waals surface area contributed by atoms with E-state index in [1.807, 2.05) is 0 Å². The number of carbonyl (C=O) groups excluding carboxylic acids is 1.